The van der Waals surface area contributed by atoms with Crippen LogP contribution in [0.1, 0.15) is 36.5 Å². The summed E-state index contributed by atoms with van der Waals surface area (Å²) in [5.74, 6) is 0.00745. The highest BCUT2D eigenvalue weighted by molar-refractivity contribution is 7.89. The number of carbonyl (C=O) groups is 1. The lowest BCUT2D eigenvalue weighted by Gasteiger charge is -2.26. The third kappa shape index (κ3) is 5.36. The lowest BCUT2D eigenvalue weighted by Crippen LogP contribution is -2.35. The number of rotatable bonds is 7. The maximum Gasteiger partial charge on any atom is 0.256 e. The maximum atomic E-state index is 13.7. The van der Waals surface area contributed by atoms with Crippen molar-refractivity contribution in [3.8, 4) is 16.3 Å². The van der Waals surface area contributed by atoms with Gasteiger partial charge in [0.2, 0.25) is 10.0 Å². The Balaban J connectivity index is 1.54. The molecular weight excluding hydrogens is 530 g/mol. The number of amides is 1. The molecular formula is C27H26ClN3O4S2. The lowest BCUT2D eigenvalue weighted by atomic mass is 10.1. The van der Waals surface area contributed by atoms with Crippen molar-refractivity contribution in [2.24, 2.45) is 0 Å². The normalized spacial score (nSPS) is 14.5. The fourth-order valence-corrected chi connectivity index (χ4v) is 6.98. The summed E-state index contributed by atoms with van der Waals surface area (Å²) in [4.78, 5) is 19.3. The van der Waals surface area contributed by atoms with Gasteiger partial charge in [-0.05, 0) is 62.2 Å². The van der Waals surface area contributed by atoms with Crippen LogP contribution in [-0.2, 0) is 10.0 Å². The lowest BCUT2D eigenvalue weighted by molar-refractivity contribution is 0.102. The summed E-state index contributed by atoms with van der Waals surface area (Å²) < 4.78 is 34.5. The van der Waals surface area contributed by atoms with Crippen LogP contribution >= 0.6 is 22.9 Å². The first-order chi connectivity index (χ1) is 17.9. The van der Waals surface area contributed by atoms with Crippen LogP contribution < -0.4 is 10.1 Å². The van der Waals surface area contributed by atoms with Gasteiger partial charge >= 0.3 is 0 Å². The number of ether oxygens (including phenoxy) is 1. The van der Waals surface area contributed by atoms with Gasteiger partial charge in [0, 0.05) is 18.5 Å². The van der Waals surface area contributed by atoms with E-state index >= 15 is 0 Å². The van der Waals surface area contributed by atoms with Gasteiger partial charge in [0.15, 0.2) is 0 Å². The number of pyridine rings is 1. The Bertz CT molecular complexity index is 1560. The van der Waals surface area contributed by atoms with E-state index in [0.717, 1.165) is 24.1 Å². The summed E-state index contributed by atoms with van der Waals surface area (Å²) in [6.07, 6.45) is 2.70. The first-order valence-electron chi connectivity index (χ1n) is 12.1. The van der Waals surface area contributed by atoms with Crippen LogP contribution in [0.15, 0.2) is 65.6 Å². The fraction of sp³-hybridized carbons (Fsp3) is 0.259. The molecule has 1 aliphatic heterocycles. The molecule has 37 heavy (non-hydrogen) atoms. The molecule has 0 spiro atoms. The average Bonchev–Trinajstić information content (AvgIpc) is 3.35. The van der Waals surface area contributed by atoms with Gasteiger partial charge in [-0.25, -0.2) is 13.4 Å². The number of fused-ring (bicyclic) bond motifs is 1. The molecule has 0 aliphatic carbocycles. The van der Waals surface area contributed by atoms with Crippen LogP contribution in [0.5, 0.6) is 5.75 Å². The van der Waals surface area contributed by atoms with Gasteiger partial charge in [-0.3, -0.25) is 4.79 Å². The molecule has 5 rings (SSSR count). The quantitative estimate of drug-likeness (QED) is 0.283. The van der Waals surface area contributed by atoms with E-state index in [1.54, 1.807) is 18.2 Å². The monoisotopic (exact) mass is 555 g/mol. The third-order valence-corrected chi connectivity index (χ3v) is 9.39. The molecule has 0 radical (unpaired) electrons. The van der Waals surface area contributed by atoms with E-state index in [1.165, 1.54) is 27.8 Å². The van der Waals surface area contributed by atoms with Crippen LogP contribution in [0.25, 0.3) is 21.5 Å². The number of sulfonamides is 1. The van der Waals surface area contributed by atoms with Gasteiger partial charge in [0.1, 0.15) is 5.75 Å². The predicted octanol–water partition coefficient (Wildman–Crippen LogP) is 6.44. The zero-order chi connectivity index (χ0) is 26.0. The SMILES string of the molecule is CCOc1ccc(S(=O)(=O)N2CCCCC2)cc1NC(=O)c1cc(-c2ccc(Cl)s2)nc2ccccc12. The van der Waals surface area contributed by atoms with Gasteiger partial charge in [-0.15, -0.1) is 11.3 Å². The number of halogens is 1. The molecule has 192 valence electrons. The molecule has 7 nitrogen and oxygen atoms in total. The summed E-state index contributed by atoms with van der Waals surface area (Å²) in [6.45, 7) is 3.19. The Morgan fingerprint density at radius 1 is 1.08 bits per heavy atom. The smallest absolute Gasteiger partial charge is 0.256 e. The summed E-state index contributed by atoms with van der Waals surface area (Å²) in [5, 5.41) is 3.59. The fourth-order valence-electron chi connectivity index (χ4n) is 4.43. The Labute approximate surface area is 225 Å². The summed E-state index contributed by atoms with van der Waals surface area (Å²) in [5.41, 5.74) is 2.01. The molecule has 1 aliphatic rings. The van der Waals surface area contributed by atoms with Crippen LogP contribution in [0, 0.1) is 0 Å². The summed E-state index contributed by atoms with van der Waals surface area (Å²) >= 11 is 7.52. The van der Waals surface area contributed by atoms with Gasteiger partial charge in [-0.2, -0.15) is 4.31 Å². The highest BCUT2D eigenvalue weighted by Gasteiger charge is 2.27. The molecule has 0 unspecified atom stereocenters. The number of hydrogen-bond acceptors (Lipinski definition) is 6. The summed E-state index contributed by atoms with van der Waals surface area (Å²) in [7, 11) is -3.69. The molecule has 0 atom stereocenters. The first-order valence-corrected chi connectivity index (χ1v) is 14.7. The van der Waals surface area contributed by atoms with Crippen LogP contribution in [0.3, 0.4) is 0 Å². The van der Waals surface area contributed by atoms with E-state index in [1.807, 2.05) is 37.3 Å². The molecule has 1 fully saturated rings. The molecule has 0 bridgehead atoms. The molecule has 0 saturated carbocycles. The number of nitrogens with one attached hydrogen (secondary N) is 1. The molecule has 4 aromatic rings. The topological polar surface area (TPSA) is 88.6 Å². The number of aromatic nitrogens is 1. The number of benzene rings is 2. The molecule has 10 heteroatoms. The number of carbonyl (C=O) groups excluding carboxylic acids is 1. The van der Waals surface area contributed by atoms with Crippen molar-refractivity contribution in [3.05, 3.63) is 70.6 Å². The number of piperidine rings is 1. The van der Waals surface area contributed by atoms with E-state index in [4.69, 9.17) is 21.3 Å². The van der Waals surface area contributed by atoms with Crippen molar-refractivity contribution >= 4 is 55.5 Å². The second-order valence-electron chi connectivity index (χ2n) is 8.69. The minimum absolute atomic E-state index is 0.127. The minimum Gasteiger partial charge on any atom is -0.492 e. The highest BCUT2D eigenvalue weighted by Crippen LogP contribution is 2.34. The van der Waals surface area contributed by atoms with Crippen LogP contribution in [0.4, 0.5) is 5.69 Å². The van der Waals surface area contributed by atoms with Crippen molar-refractivity contribution in [1.82, 2.24) is 9.29 Å². The number of hydrogen-bond donors (Lipinski definition) is 1. The van der Waals surface area contributed by atoms with Gasteiger partial charge in [0.25, 0.3) is 5.91 Å². The van der Waals surface area contributed by atoms with Gasteiger partial charge < -0.3 is 10.1 Å². The van der Waals surface area contributed by atoms with E-state index in [-0.39, 0.29) is 4.90 Å². The van der Waals surface area contributed by atoms with E-state index < -0.39 is 15.9 Å². The van der Waals surface area contributed by atoms with Crippen molar-refractivity contribution in [3.63, 3.8) is 0 Å². The van der Waals surface area contributed by atoms with E-state index in [2.05, 4.69) is 5.32 Å². The first kappa shape index (κ1) is 25.7. The van der Waals surface area contributed by atoms with E-state index in [9.17, 15) is 13.2 Å². The Kier molecular flexibility index (Phi) is 7.48. The zero-order valence-corrected chi connectivity index (χ0v) is 22.6. The second-order valence-corrected chi connectivity index (χ2v) is 12.3. The number of anilines is 1. The number of nitrogens with zero attached hydrogens (tertiary/aromatic N) is 2. The van der Waals surface area contributed by atoms with E-state index in [0.29, 0.717) is 57.6 Å². The van der Waals surface area contributed by atoms with Crippen molar-refractivity contribution in [1.29, 1.82) is 0 Å². The summed E-state index contributed by atoms with van der Waals surface area (Å²) in [6, 6.07) is 17.4. The van der Waals surface area contributed by atoms with Crippen molar-refractivity contribution in [2.75, 3.05) is 25.0 Å². The largest absolute Gasteiger partial charge is 0.492 e. The Morgan fingerprint density at radius 3 is 2.59 bits per heavy atom. The van der Waals surface area contributed by atoms with Crippen molar-refractivity contribution < 1.29 is 17.9 Å². The molecule has 1 amide bonds. The predicted molar refractivity (Wildman–Crippen MR) is 148 cm³/mol. The number of thiophene rings is 1. The number of para-hydroxylation sites is 1. The standard InChI is InChI=1S/C27H26ClN3O4S2/c1-2-35-24-11-10-18(37(33,34)31-14-6-3-7-15-31)16-22(24)30-27(32)20-17-23(25-12-13-26(28)36-25)29-21-9-5-4-8-19(20)21/h4-5,8-13,16-17H,2-3,6-7,14-15H2,1H3,(H,30,32). The minimum atomic E-state index is -3.69. The zero-order valence-electron chi connectivity index (χ0n) is 20.2. The third-order valence-electron chi connectivity index (χ3n) is 6.24. The van der Waals surface area contributed by atoms with Gasteiger partial charge in [-0.1, -0.05) is 36.2 Å². The second kappa shape index (κ2) is 10.8. The Morgan fingerprint density at radius 2 is 1.86 bits per heavy atom. The molecule has 3 heterocycles. The van der Waals surface area contributed by atoms with Crippen LogP contribution in [-0.4, -0.2) is 43.3 Å². The molecule has 2 aromatic carbocycles. The Hall–Kier alpha value is -2.98. The van der Waals surface area contributed by atoms with Crippen molar-refractivity contribution in [2.45, 2.75) is 31.1 Å². The molecule has 1 N–H and O–H groups in total. The van der Waals surface area contributed by atoms with Gasteiger partial charge in [0.05, 0.1) is 43.2 Å². The average molecular weight is 556 g/mol. The highest BCUT2D eigenvalue weighted by atomic mass is 35.5. The van der Waals surface area contributed by atoms with Crippen LogP contribution in [0.2, 0.25) is 4.34 Å². The molecule has 2 aromatic heterocycles. The maximum absolute atomic E-state index is 13.7. The molecule has 1 saturated heterocycles.